The summed E-state index contributed by atoms with van der Waals surface area (Å²) >= 11 is 2.87. The number of thioether (sulfide) groups is 1. The SMILES string of the molecule is Cc1nnc(NC(=O)CCSc2nnc3ccc4ccccc4n23)s1. The van der Waals surface area contributed by atoms with Gasteiger partial charge in [0.15, 0.2) is 10.8 Å². The first-order chi connectivity index (χ1) is 12.2. The van der Waals surface area contributed by atoms with Crippen LogP contribution in [-0.4, -0.2) is 36.5 Å². The number of rotatable bonds is 5. The van der Waals surface area contributed by atoms with Crippen LogP contribution < -0.4 is 5.32 Å². The van der Waals surface area contributed by atoms with Crippen LogP contribution in [0.5, 0.6) is 0 Å². The topological polar surface area (TPSA) is 85.1 Å². The number of aromatic nitrogens is 5. The zero-order chi connectivity index (χ0) is 17.2. The van der Waals surface area contributed by atoms with Crippen molar-refractivity contribution in [1.82, 2.24) is 24.8 Å². The van der Waals surface area contributed by atoms with E-state index in [0.29, 0.717) is 17.3 Å². The lowest BCUT2D eigenvalue weighted by atomic mass is 10.2. The summed E-state index contributed by atoms with van der Waals surface area (Å²) in [6.45, 7) is 1.85. The van der Waals surface area contributed by atoms with Crippen LogP contribution in [0, 0.1) is 6.92 Å². The summed E-state index contributed by atoms with van der Waals surface area (Å²) in [7, 11) is 0. The average molecular weight is 370 g/mol. The third-order valence-corrected chi connectivity index (χ3v) is 5.27. The van der Waals surface area contributed by atoms with Gasteiger partial charge in [0.25, 0.3) is 0 Å². The van der Waals surface area contributed by atoms with E-state index in [9.17, 15) is 4.79 Å². The van der Waals surface area contributed by atoms with Crippen molar-refractivity contribution < 1.29 is 4.79 Å². The molecule has 1 N–H and O–H groups in total. The zero-order valence-electron chi connectivity index (χ0n) is 13.3. The molecule has 4 aromatic rings. The van der Waals surface area contributed by atoms with Crippen LogP contribution in [0.15, 0.2) is 41.6 Å². The van der Waals surface area contributed by atoms with Gasteiger partial charge in [0.2, 0.25) is 11.0 Å². The number of anilines is 1. The van der Waals surface area contributed by atoms with Crippen LogP contribution in [0.2, 0.25) is 0 Å². The summed E-state index contributed by atoms with van der Waals surface area (Å²) in [6.07, 6.45) is 0.364. The Labute approximate surface area is 151 Å². The fourth-order valence-electron chi connectivity index (χ4n) is 2.47. The third kappa shape index (κ3) is 3.33. The normalized spacial score (nSPS) is 11.2. The van der Waals surface area contributed by atoms with Gasteiger partial charge in [0.05, 0.1) is 5.52 Å². The molecule has 9 heteroatoms. The van der Waals surface area contributed by atoms with Crippen molar-refractivity contribution in [2.45, 2.75) is 18.5 Å². The Kier molecular flexibility index (Phi) is 4.33. The maximum absolute atomic E-state index is 12.0. The van der Waals surface area contributed by atoms with Crippen molar-refractivity contribution in [2.75, 3.05) is 11.1 Å². The van der Waals surface area contributed by atoms with Crippen LogP contribution >= 0.6 is 23.1 Å². The van der Waals surface area contributed by atoms with Gasteiger partial charge in [-0.3, -0.25) is 9.20 Å². The lowest BCUT2D eigenvalue weighted by molar-refractivity contribution is -0.115. The molecule has 3 heterocycles. The van der Waals surface area contributed by atoms with Crippen molar-refractivity contribution >= 4 is 50.7 Å². The van der Waals surface area contributed by atoms with Crippen LogP contribution in [0.3, 0.4) is 0 Å². The van der Waals surface area contributed by atoms with Gasteiger partial charge in [0, 0.05) is 12.2 Å². The van der Waals surface area contributed by atoms with Gasteiger partial charge < -0.3 is 5.32 Å². The Hall–Kier alpha value is -2.52. The van der Waals surface area contributed by atoms with Crippen LogP contribution in [0.4, 0.5) is 5.13 Å². The number of amides is 1. The summed E-state index contributed by atoms with van der Waals surface area (Å²) in [6, 6.07) is 12.1. The highest BCUT2D eigenvalue weighted by Gasteiger charge is 2.11. The molecule has 126 valence electrons. The first kappa shape index (κ1) is 16.0. The largest absolute Gasteiger partial charge is 0.301 e. The van der Waals surface area contributed by atoms with E-state index in [4.69, 9.17) is 0 Å². The first-order valence-corrected chi connectivity index (χ1v) is 9.46. The number of benzene rings is 1. The van der Waals surface area contributed by atoms with E-state index in [1.165, 1.54) is 23.1 Å². The molecule has 0 unspecified atom stereocenters. The maximum Gasteiger partial charge on any atom is 0.227 e. The Balaban J connectivity index is 1.46. The third-order valence-electron chi connectivity index (χ3n) is 3.58. The summed E-state index contributed by atoms with van der Waals surface area (Å²) in [5.74, 6) is 0.524. The van der Waals surface area contributed by atoms with E-state index in [1.807, 2.05) is 41.7 Å². The Morgan fingerprint density at radius 3 is 2.88 bits per heavy atom. The van der Waals surface area contributed by atoms with E-state index < -0.39 is 0 Å². The summed E-state index contributed by atoms with van der Waals surface area (Å²) in [5.41, 5.74) is 1.86. The quantitative estimate of drug-likeness (QED) is 0.543. The van der Waals surface area contributed by atoms with E-state index >= 15 is 0 Å². The predicted octanol–water partition coefficient (Wildman–Crippen LogP) is 3.16. The summed E-state index contributed by atoms with van der Waals surface area (Å²) in [5, 5.41) is 22.3. The second-order valence-corrected chi connectivity index (χ2v) is 7.58. The van der Waals surface area contributed by atoms with Crippen LogP contribution in [-0.2, 0) is 4.79 Å². The number of carbonyl (C=O) groups is 1. The monoisotopic (exact) mass is 370 g/mol. The molecule has 7 nitrogen and oxygen atoms in total. The molecule has 3 aromatic heterocycles. The van der Waals surface area contributed by atoms with Gasteiger partial charge in [0.1, 0.15) is 5.01 Å². The number of nitrogens with zero attached hydrogens (tertiary/aromatic N) is 5. The van der Waals surface area contributed by atoms with Crippen molar-refractivity contribution in [3.05, 3.63) is 41.4 Å². The number of aryl methyl sites for hydroxylation is 1. The molecule has 0 atom stereocenters. The second kappa shape index (κ2) is 6.77. The van der Waals surface area contributed by atoms with E-state index in [1.54, 1.807) is 0 Å². The van der Waals surface area contributed by atoms with Gasteiger partial charge >= 0.3 is 0 Å². The van der Waals surface area contributed by atoms with E-state index in [2.05, 4.69) is 31.8 Å². The Morgan fingerprint density at radius 2 is 2.04 bits per heavy atom. The minimum Gasteiger partial charge on any atom is -0.301 e. The summed E-state index contributed by atoms with van der Waals surface area (Å²) < 4.78 is 2.02. The molecule has 0 spiro atoms. The molecule has 0 saturated carbocycles. The lowest BCUT2D eigenvalue weighted by Gasteiger charge is -2.04. The molecule has 0 aliphatic rings. The highest BCUT2D eigenvalue weighted by atomic mass is 32.2. The van der Waals surface area contributed by atoms with Crippen molar-refractivity contribution in [3.63, 3.8) is 0 Å². The predicted molar refractivity (Wildman–Crippen MR) is 99.1 cm³/mol. The minimum absolute atomic E-state index is 0.0812. The maximum atomic E-state index is 12.0. The first-order valence-electron chi connectivity index (χ1n) is 7.66. The van der Waals surface area contributed by atoms with Gasteiger partial charge in [-0.15, -0.1) is 20.4 Å². The standard InChI is InChI=1S/C16H14N6OS2/c1-10-18-20-15(25-10)17-14(23)8-9-24-16-21-19-13-7-6-11-4-2-3-5-12(11)22(13)16/h2-7H,8-9H2,1H3,(H,17,20,23). The van der Waals surface area contributed by atoms with Crippen molar-refractivity contribution in [1.29, 1.82) is 0 Å². The number of pyridine rings is 1. The molecule has 25 heavy (non-hydrogen) atoms. The smallest absolute Gasteiger partial charge is 0.227 e. The molecule has 0 aliphatic heterocycles. The van der Waals surface area contributed by atoms with Crippen LogP contribution in [0.1, 0.15) is 11.4 Å². The Morgan fingerprint density at radius 1 is 1.16 bits per heavy atom. The molecular formula is C16H14N6OS2. The molecule has 0 fully saturated rings. The van der Waals surface area contributed by atoms with Gasteiger partial charge in [-0.1, -0.05) is 41.3 Å². The highest BCUT2D eigenvalue weighted by molar-refractivity contribution is 7.99. The van der Waals surface area contributed by atoms with Gasteiger partial charge in [-0.25, -0.2) is 0 Å². The molecule has 0 aliphatic carbocycles. The average Bonchev–Trinajstić information content (AvgIpc) is 3.21. The molecule has 4 rings (SSSR count). The van der Waals surface area contributed by atoms with E-state index in [-0.39, 0.29) is 5.91 Å². The molecule has 0 saturated heterocycles. The number of carbonyl (C=O) groups excluding carboxylic acids is 1. The van der Waals surface area contributed by atoms with E-state index in [0.717, 1.165) is 26.7 Å². The molecule has 1 amide bonds. The molecular weight excluding hydrogens is 356 g/mol. The van der Waals surface area contributed by atoms with Gasteiger partial charge in [-0.2, -0.15) is 0 Å². The highest BCUT2D eigenvalue weighted by Crippen LogP contribution is 2.23. The number of hydrogen-bond donors (Lipinski definition) is 1. The number of fused-ring (bicyclic) bond motifs is 3. The zero-order valence-corrected chi connectivity index (χ0v) is 15.0. The number of para-hydroxylation sites is 1. The fourth-order valence-corrected chi connectivity index (χ4v) is 3.97. The van der Waals surface area contributed by atoms with Crippen LogP contribution in [0.25, 0.3) is 16.6 Å². The number of hydrogen-bond acceptors (Lipinski definition) is 7. The Bertz CT molecular complexity index is 1060. The fraction of sp³-hybridized carbons (Fsp3) is 0.188. The molecule has 1 aromatic carbocycles. The van der Waals surface area contributed by atoms with Crippen molar-refractivity contribution in [2.24, 2.45) is 0 Å². The van der Waals surface area contributed by atoms with Crippen molar-refractivity contribution in [3.8, 4) is 0 Å². The molecule has 0 bridgehead atoms. The summed E-state index contributed by atoms with van der Waals surface area (Å²) in [4.78, 5) is 12.0. The lowest BCUT2D eigenvalue weighted by Crippen LogP contribution is -2.12. The van der Waals surface area contributed by atoms with Gasteiger partial charge in [-0.05, 0) is 30.5 Å². The molecule has 0 radical (unpaired) electrons. The number of nitrogens with one attached hydrogen (secondary N) is 1. The minimum atomic E-state index is -0.0812. The second-order valence-electron chi connectivity index (χ2n) is 5.34.